The number of carbonyl (C=O) groups is 2. The standard InChI is InChI=1S/C55H69N9O4/c1-35-27-47-38(28-40(35)31-57)11-10-22-63(47)49-45-33-61(36(2)65)26-21-46(45)64(59-49)43-19-23-60(24-20-43)32-41-18-25-62(34-53(41,3)4)42-15-12-37(13-16-42)50(66)58-51-54(5,6)52(55(51,7)8)68-44-17-14-39(30-56)48(29-44)67-9/h12-17,27-29,41,43,51-52H,10-11,18-26,32-34H2,1-9H3,(H,58,66). The van der Waals surface area contributed by atoms with E-state index in [-0.39, 0.29) is 40.2 Å². The van der Waals surface area contributed by atoms with Crippen molar-refractivity contribution < 1.29 is 19.1 Å². The van der Waals surface area contributed by atoms with Crippen molar-refractivity contribution in [2.75, 3.05) is 62.7 Å². The predicted octanol–water partition coefficient (Wildman–Crippen LogP) is 8.73. The highest BCUT2D eigenvalue weighted by atomic mass is 16.5. The molecule has 2 saturated heterocycles. The van der Waals surface area contributed by atoms with E-state index in [2.05, 4.69) is 103 Å². The van der Waals surface area contributed by atoms with Gasteiger partial charge in [0, 0.05) is 110 Å². The number of amides is 2. The Balaban J connectivity index is 0.804. The molecular formula is C55H69N9O4. The largest absolute Gasteiger partial charge is 0.495 e. The van der Waals surface area contributed by atoms with E-state index in [1.54, 1.807) is 32.2 Å². The summed E-state index contributed by atoms with van der Waals surface area (Å²) in [6.45, 7) is 24.3. The number of nitriles is 2. The maximum absolute atomic E-state index is 13.8. The molecule has 4 aromatic rings. The number of methoxy groups -OCH3 is 1. The molecule has 2 amide bonds. The van der Waals surface area contributed by atoms with Gasteiger partial charge in [-0.1, -0.05) is 41.5 Å². The van der Waals surface area contributed by atoms with Gasteiger partial charge in [0.05, 0.1) is 36.9 Å². The average Bonchev–Trinajstić information content (AvgIpc) is 3.71. The molecule has 358 valence electrons. The number of anilines is 3. The van der Waals surface area contributed by atoms with Gasteiger partial charge < -0.3 is 34.4 Å². The van der Waals surface area contributed by atoms with E-state index >= 15 is 0 Å². The molecule has 68 heavy (non-hydrogen) atoms. The van der Waals surface area contributed by atoms with E-state index < -0.39 is 0 Å². The lowest BCUT2D eigenvalue weighted by Gasteiger charge is -2.63. The Hall–Kier alpha value is -6.05. The number of carbonyl (C=O) groups excluding carboxylic acids is 2. The number of benzene rings is 3. The molecule has 13 heteroatoms. The second-order valence-electron chi connectivity index (χ2n) is 22.0. The number of rotatable bonds is 10. The Kier molecular flexibility index (Phi) is 12.5. The van der Waals surface area contributed by atoms with Crippen LogP contribution in [0.3, 0.4) is 0 Å². The number of hydrogen-bond donors (Lipinski definition) is 1. The molecule has 0 radical (unpaired) electrons. The third kappa shape index (κ3) is 8.57. The lowest BCUT2D eigenvalue weighted by atomic mass is 9.49. The summed E-state index contributed by atoms with van der Waals surface area (Å²) in [5.41, 5.74) is 8.19. The summed E-state index contributed by atoms with van der Waals surface area (Å²) in [7, 11) is 1.55. The van der Waals surface area contributed by atoms with Crippen LogP contribution in [0.4, 0.5) is 17.2 Å². The molecule has 3 fully saturated rings. The average molecular weight is 920 g/mol. The van der Waals surface area contributed by atoms with Gasteiger partial charge in [-0.05, 0) is 110 Å². The van der Waals surface area contributed by atoms with Crippen LogP contribution in [-0.4, -0.2) is 96.5 Å². The lowest BCUT2D eigenvalue weighted by Crippen LogP contribution is -2.74. The molecule has 9 rings (SSSR count). The number of nitrogens with one attached hydrogen (secondary N) is 1. The topological polar surface area (TPSA) is 143 Å². The number of hydrogen-bond acceptors (Lipinski definition) is 10. The van der Waals surface area contributed by atoms with E-state index in [0.717, 1.165) is 113 Å². The van der Waals surface area contributed by atoms with Crippen LogP contribution in [0.25, 0.3) is 0 Å². The fourth-order valence-electron chi connectivity index (χ4n) is 12.7. The second kappa shape index (κ2) is 18.1. The summed E-state index contributed by atoms with van der Waals surface area (Å²) in [6, 6.07) is 22.3. The van der Waals surface area contributed by atoms with Crippen molar-refractivity contribution in [2.24, 2.45) is 22.2 Å². The highest BCUT2D eigenvalue weighted by Crippen LogP contribution is 2.56. The third-order valence-corrected chi connectivity index (χ3v) is 16.4. The molecule has 1 atom stereocenters. The number of fused-ring (bicyclic) bond motifs is 2. The highest BCUT2D eigenvalue weighted by Gasteiger charge is 2.64. The predicted molar refractivity (Wildman–Crippen MR) is 264 cm³/mol. The third-order valence-electron chi connectivity index (χ3n) is 16.4. The first kappa shape index (κ1) is 47.0. The molecule has 1 aliphatic carbocycles. The number of aromatic nitrogens is 2. The maximum atomic E-state index is 13.8. The van der Waals surface area contributed by atoms with Gasteiger partial charge in [-0.15, -0.1) is 0 Å². The highest BCUT2D eigenvalue weighted by molar-refractivity contribution is 5.95. The summed E-state index contributed by atoms with van der Waals surface area (Å²) < 4.78 is 14.3. The van der Waals surface area contributed by atoms with Gasteiger partial charge in [0.1, 0.15) is 23.7 Å². The smallest absolute Gasteiger partial charge is 0.251 e. The molecule has 1 saturated carbocycles. The molecule has 5 heterocycles. The minimum Gasteiger partial charge on any atom is -0.495 e. The van der Waals surface area contributed by atoms with Crippen molar-refractivity contribution in [1.29, 1.82) is 10.5 Å². The first-order valence-corrected chi connectivity index (χ1v) is 24.7. The van der Waals surface area contributed by atoms with E-state index in [4.69, 9.17) is 14.6 Å². The fourth-order valence-corrected chi connectivity index (χ4v) is 12.7. The van der Waals surface area contributed by atoms with Gasteiger partial charge in [0.25, 0.3) is 5.91 Å². The minimum atomic E-state index is -0.345. The fraction of sp³-hybridized carbons (Fsp3) is 0.545. The molecule has 1 N–H and O–H groups in total. The van der Waals surface area contributed by atoms with Crippen LogP contribution < -0.4 is 24.6 Å². The molecule has 5 aliphatic rings. The summed E-state index contributed by atoms with van der Waals surface area (Å²) in [6.07, 6.45) is 5.78. The first-order chi connectivity index (χ1) is 32.4. The first-order valence-electron chi connectivity index (χ1n) is 24.7. The van der Waals surface area contributed by atoms with E-state index in [1.807, 2.05) is 24.0 Å². The molecular weight excluding hydrogens is 851 g/mol. The number of likely N-dealkylation sites (tertiary alicyclic amines) is 1. The minimum absolute atomic E-state index is 0.0877. The number of piperidine rings is 2. The monoisotopic (exact) mass is 920 g/mol. The quantitative estimate of drug-likeness (QED) is 0.164. The van der Waals surface area contributed by atoms with Crippen molar-refractivity contribution in [3.63, 3.8) is 0 Å². The number of ether oxygens (including phenoxy) is 2. The zero-order valence-electron chi connectivity index (χ0n) is 41.6. The maximum Gasteiger partial charge on any atom is 0.251 e. The zero-order valence-corrected chi connectivity index (χ0v) is 41.6. The van der Waals surface area contributed by atoms with Crippen LogP contribution in [0.5, 0.6) is 11.5 Å². The number of nitrogens with zero attached hydrogens (tertiary/aromatic N) is 8. The Morgan fingerprint density at radius 1 is 0.868 bits per heavy atom. The molecule has 3 aromatic carbocycles. The van der Waals surface area contributed by atoms with E-state index in [0.29, 0.717) is 41.1 Å². The number of aryl methyl sites for hydroxylation is 2. The lowest BCUT2D eigenvalue weighted by molar-refractivity contribution is -0.164. The van der Waals surface area contributed by atoms with Crippen molar-refractivity contribution in [2.45, 2.75) is 119 Å². The molecule has 4 aliphatic heterocycles. The van der Waals surface area contributed by atoms with E-state index in [1.165, 1.54) is 16.8 Å². The Labute approximate surface area is 403 Å². The molecule has 0 bridgehead atoms. The van der Waals surface area contributed by atoms with Crippen LogP contribution in [-0.2, 0) is 24.2 Å². The molecule has 1 aromatic heterocycles. The van der Waals surface area contributed by atoms with Crippen LogP contribution >= 0.6 is 0 Å². The second-order valence-corrected chi connectivity index (χ2v) is 22.0. The van der Waals surface area contributed by atoms with Gasteiger partial charge in [-0.3, -0.25) is 14.3 Å². The summed E-state index contributed by atoms with van der Waals surface area (Å²) in [4.78, 5) is 35.9. The Morgan fingerprint density at radius 3 is 2.25 bits per heavy atom. The van der Waals surface area contributed by atoms with Crippen LogP contribution in [0.2, 0.25) is 0 Å². The summed E-state index contributed by atoms with van der Waals surface area (Å²) >= 11 is 0. The molecule has 13 nitrogen and oxygen atoms in total. The normalized spacial score (nSPS) is 23.0. The van der Waals surface area contributed by atoms with Gasteiger partial charge >= 0.3 is 0 Å². The van der Waals surface area contributed by atoms with Gasteiger partial charge in [-0.25, -0.2) is 0 Å². The van der Waals surface area contributed by atoms with Crippen molar-refractivity contribution >= 4 is 29.0 Å². The van der Waals surface area contributed by atoms with Crippen molar-refractivity contribution in [3.8, 4) is 23.6 Å². The Bertz CT molecular complexity index is 2650. The van der Waals surface area contributed by atoms with Crippen LogP contribution in [0.15, 0.2) is 54.6 Å². The summed E-state index contributed by atoms with van der Waals surface area (Å²) in [5, 5.41) is 28.0. The molecule has 0 spiro atoms. The van der Waals surface area contributed by atoms with Crippen LogP contribution in [0, 0.1) is 51.7 Å². The van der Waals surface area contributed by atoms with E-state index in [9.17, 15) is 20.1 Å². The van der Waals surface area contributed by atoms with Gasteiger partial charge in [0.15, 0.2) is 5.82 Å². The SMILES string of the molecule is COc1cc(OC2C(C)(C)C(NC(=O)c3ccc(N4CCC(CN5CCC(n6nc(N7CCCc8cc(C#N)c(C)cc87)c7c6CCN(C(C)=O)C7)CC5)C(C)(C)C4)cc3)C2(C)C)ccc1C#N. The summed E-state index contributed by atoms with van der Waals surface area (Å²) in [5.74, 6) is 2.68. The van der Waals surface area contributed by atoms with Crippen molar-refractivity contribution in [1.82, 2.24) is 24.9 Å². The van der Waals surface area contributed by atoms with Gasteiger partial charge in [-0.2, -0.15) is 15.6 Å². The Morgan fingerprint density at radius 2 is 1.59 bits per heavy atom. The zero-order chi connectivity index (χ0) is 48.3. The van der Waals surface area contributed by atoms with Gasteiger partial charge in [0.2, 0.25) is 5.91 Å². The van der Waals surface area contributed by atoms with Crippen molar-refractivity contribution in [3.05, 3.63) is 93.7 Å². The molecule has 1 unspecified atom stereocenters. The van der Waals surface area contributed by atoms with Crippen LogP contribution in [0.1, 0.15) is 124 Å².